The largest absolute Gasteiger partial charge is 0.391 e. The van der Waals surface area contributed by atoms with Crippen molar-refractivity contribution in [1.29, 1.82) is 0 Å². The molecule has 24 heavy (non-hydrogen) atoms. The highest BCUT2D eigenvalue weighted by molar-refractivity contribution is 5.71. The van der Waals surface area contributed by atoms with Crippen LogP contribution < -0.4 is 17.1 Å². The summed E-state index contributed by atoms with van der Waals surface area (Å²) in [6, 6.07) is 0. The molecule has 1 saturated heterocycles. The summed E-state index contributed by atoms with van der Waals surface area (Å²) in [5, 5.41) is 19.8. The summed E-state index contributed by atoms with van der Waals surface area (Å²) in [4.78, 5) is 19.7. The van der Waals surface area contributed by atoms with Crippen LogP contribution in [0.15, 0.2) is 11.1 Å². The van der Waals surface area contributed by atoms with Crippen molar-refractivity contribution in [3.05, 3.63) is 16.7 Å². The molecular formula is C13H15FN6O4. The van der Waals surface area contributed by atoms with Crippen molar-refractivity contribution in [2.24, 2.45) is 0 Å². The Morgan fingerprint density at radius 3 is 2.88 bits per heavy atom. The maximum absolute atomic E-state index is 15.1. The van der Waals surface area contributed by atoms with Gasteiger partial charge in [0.15, 0.2) is 17.4 Å². The molecule has 0 spiro atoms. The molecule has 0 saturated carbocycles. The van der Waals surface area contributed by atoms with Crippen LogP contribution in [-0.4, -0.2) is 53.4 Å². The molecule has 5 atom stereocenters. The van der Waals surface area contributed by atoms with Gasteiger partial charge in [0.25, 0.3) is 0 Å². The van der Waals surface area contributed by atoms with Gasteiger partial charge in [0.1, 0.15) is 12.2 Å². The van der Waals surface area contributed by atoms with E-state index >= 15 is 4.39 Å². The van der Waals surface area contributed by atoms with Gasteiger partial charge in [-0.2, -0.15) is 9.66 Å². The van der Waals surface area contributed by atoms with Crippen molar-refractivity contribution in [3.8, 4) is 12.3 Å². The molecule has 0 amide bonds. The number of hydrogen-bond acceptors (Lipinski definition) is 8. The van der Waals surface area contributed by atoms with Crippen molar-refractivity contribution >= 4 is 17.1 Å². The molecule has 10 nitrogen and oxygen atoms in total. The molecule has 0 aromatic carbocycles. The van der Waals surface area contributed by atoms with Crippen molar-refractivity contribution < 1.29 is 19.3 Å². The lowest BCUT2D eigenvalue weighted by molar-refractivity contribution is -0.0776. The lowest BCUT2D eigenvalue weighted by atomic mass is 9.95. The van der Waals surface area contributed by atoms with Crippen LogP contribution in [0, 0.1) is 12.3 Å². The predicted octanol–water partition coefficient (Wildman–Crippen LogP) is -2.13. The van der Waals surface area contributed by atoms with Gasteiger partial charge in [-0.25, -0.2) is 9.37 Å². The van der Waals surface area contributed by atoms with Crippen LogP contribution in [0.4, 0.5) is 10.3 Å². The van der Waals surface area contributed by atoms with E-state index in [1.165, 1.54) is 6.92 Å². The Labute approximate surface area is 134 Å². The van der Waals surface area contributed by atoms with Crippen molar-refractivity contribution in [3.63, 3.8) is 0 Å². The van der Waals surface area contributed by atoms with Gasteiger partial charge in [0.2, 0.25) is 11.6 Å². The van der Waals surface area contributed by atoms with Gasteiger partial charge >= 0.3 is 5.56 Å². The lowest BCUT2D eigenvalue weighted by Gasteiger charge is -2.23. The van der Waals surface area contributed by atoms with Crippen LogP contribution in [0.5, 0.6) is 0 Å². The average molecular weight is 338 g/mol. The molecule has 1 aliphatic rings. The second kappa shape index (κ2) is 5.17. The quantitative estimate of drug-likeness (QED) is 0.357. The van der Waals surface area contributed by atoms with Crippen LogP contribution in [-0.2, 0) is 4.74 Å². The Morgan fingerprint density at radius 2 is 2.29 bits per heavy atom. The number of aliphatic hydroxyl groups is 2. The first kappa shape index (κ1) is 16.2. The average Bonchev–Trinajstić information content (AvgIpc) is 3.06. The Bertz CT molecular complexity index is 902. The van der Waals surface area contributed by atoms with E-state index in [0.717, 1.165) is 10.9 Å². The van der Waals surface area contributed by atoms with Gasteiger partial charge in [-0.3, -0.25) is 9.36 Å². The Balaban J connectivity index is 2.20. The van der Waals surface area contributed by atoms with E-state index in [0.29, 0.717) is 4.68 Å². The minimum absolute atomic E-state index is 0.111. The number of nitrogens with two attached hydrogens (primary N) is 2. The molecule has 1 fully saturated rings. The number of fused-ring (bicyclic) bond motifs is 1. The maximum atomic E-state index is 15.1. The summed E-state index contributed by atoms with van der Waals surface area (Å²) < 4.78 is 22.2. The Morgan fingerprint density at radius 1 is 1.62 bits per heavy atom. The van der Waals surface area contributed by atoms with Gasteiger partial charge in [-0.05, 0) is 6.92 Å². The van der Waals surface area contributed by atoms with Crippen LogP contribution in [0.1, 0.15) is 13.2 Å². The van der Waals surface area contributed by atoms with Gasteiger partial charge in [-0.15, -0.1) is 6.42 Å². The van der Waals surface area contributed by atoms with Crippen LogP contribution >= 0.6 is 0 Å². The minimum Gasteiger partial charge on any atom is -0.391 e. The van der Waals surface area contributed by atoms with Crippen LogP contribution in [0.3, 0.4) is 0 Å². The van der Waals surface area contributed by atoms with Crippen molar-refractivity contribution in [1.82, 2.24) is 19.2 Å². The molecule has 6 N–H and O–H groups in total. The number of aromatic nitrogens is 4. The monoisotopic (exact) mass is 338 g/mol. The highest BCUT2D eigenvalue weighted by Gasteiger charge is 2.59. The number of ether oxygens (including phenoxy) is 1. The zero-order valence-corrected chi connectivity index (χ0v) is 12.5. The van der Waals surface area contributed by atoms with E-state index in [9.17, 15) is 15.0 Å². The molecule has 0 aliphatic carbocycles. The molecule has 1 unspecified atom stereocenters. The zero-order valence-electron chi connectivity index (χ0n) is 12.5. The predicted molar refractivity (Wildman–Crippen MR) is 80.6 cm³/mol. The van der Waals surface area contributed by atoms with Crippen molar-refractivity contribution in [2.45, 2.75) is 37.1 Å². The molecule has 128 valence electrons. The first-order valence-corrected chi connectivity index (χ1v) is 6.90. The van der Waals surface area contributed by atoms with E-state index in [1.807, 2.05) is 5.92 Å². The number of alkyl halides is 1. The molecule has 2 aromatic rings. The second-order valence-electron chi connectivity index (χ2n) is 5.52. The number of imidazole rings is 1. The Hall–Kier alpha value is -2.68. The third-order valence-electron chi connectivity index (χ3n) is 3.99. The summed E-state index contributed by atoms with van der Waals surface area (Å²) in [7, 11) is 0. The molecule has 0 bridgehead atoms. The number of terminal acetylenes is 1. The van der Waals surface area contributed by atoms with E-state index in [1.54, 1.807) is 0 Å². The highest BCUT2D eigenvalue weighted by atomic mass is 19.1. The van der Waals surface area contributed by atoms with E-state index in [-0.39, 0.29) is 17.1 Å². The number of nitrogen functional groups attached to an aromatic ring is 2. The molecule has 0 radical (unpaired) electrons. The smallest absolute Gasteiger partial charge is 0.301 e. The summed E-state index contributed by atoms with van der Waals surface area (Å²) in [5.41, 5.74) is 1.83. The number of hydrogen-bond donors (Lipinski definition) is 4. The van der Waals surface area contributed by atoms with Gasteiger partial charge in [-0.1, -0.05) is 5.92 Å². The lowest BCUT2D eigenvalue weighted by Crippen LogP contribution is -2.43. The minimum atomic E-state index is -2.68. The zero-order chi connectivity index (χ0) is 17.8. The summed E-state index contributed by atoms with van der Waals surface area (Å²) in [6.45, 7) is 1.32. The van der Waals surface area contributed by atoms with E-state index in [4.69, 9.17) is 22.7 Å². The fraction of sp³-hybridized carbons (Fsp3) is 0.462. The molecule has 1 aliphatic heterocycles. The Kier molecular flexibility index (Phi) is 3.48. The van der Waals surface area contributed by atoms with Gasteiger partial charge in [0, 0.05) is 0 Å². The number of anilines is 1. The molecule has 3 rings (SSSR count). The third kappa shape index (κ3) is 1.97. The number of rotatable bonds is 2. The summed E-state index contributed by atoms with van der Waals surface area (Å²) in [6.07, 6.45) is 0.478. The van der Waals surface area contributed by atoms with Crippen LogP contribution in [0.25, 0.3) is 11.2 Å². The fourth-order valence-electron chi connectivity index (χ4n) is 2.68. The number of nitrogens with zero attached hydrogens (tertiary/aromatic N) is 4. The van der Waals surface area contributed by atoms with E-state index in [2.05, 4.69) is 9.97 Å². The standard InChI is InChI=1S/C13H15FN6O4/c1-3-13(14)8(22)7(5(2)21)24-11(13)19-4-17-6-9(19)18-12(15)20(16)10(6)23/h1,4-5,7-8,11,21-22H,16H2,2H3,(H2,15,18)/t5-,7-,8?,11-,13-/m1/s1. The molecule has 11 heteroatoms. The summed E-state index contributed by atoms with van der Waals surface area (Å²) in [5.74, 6) is 6.95. The van der Waals surface area contributed by atoms with Gasteiger partial charge in [0.05, 0.1) is 12.4 Å². The molecule has 3 heterocycles. The SMILES string of the molecule is C#C[C@@]1(F)C(O)[C@@H]([C@@H](C)O)O[C@H]1n1cnc2c(=O)n(N)c(N)nc21. The third-order valence-corrected chi connectivity index (χ3v) is 3.99. The second-order valence-corrected chi connectivity index (χ2v) is 5.52. The van der Waals surface area contributed by atoms with Gasteiger partial charge < -0.3 is 26.5 Å². The normalized spacial score (nSPS) is 31.2. The number of aliphatic hydroxyl groups excluding tert-OH is 2. The topological polar surface area (TPSA) is 154 Å². The molecule has 2 aromatic heterocycles. The van der Waals surface area contributed by atoms with E-state index < -0.39 is 35.8 Å². The first-order chi connectivity index (χ1) is 11.2. The van der Waals surface area contributed by atoms with Crippen LogP contribution in [0.2, 0.25) is 0 Å². The van der Waals surface area contributed by atoms with Crippen molar-refractivity contribution in [2.75, 3.05) is 11.6 Å². The highest BCUT2D eigenvalue weighted by Crippen LogP contribution is 2.43. The summed E-state index contributed by atoms with van der Waals surface area (Å²) >= 11 is 0. The molecular weight excluding hydrogens is 323 g/mol. The maximum Gasteiger partial charge on any atom is 0.301 e. The first-order valence-electron chi connectivity index (χ1n) is 6.90. The fourth-order valence-corrected chi connectivity index (χ4v) is 2.68. The number of halogens is 1.